The fraction of sp³-hybridized carbons (Fsp3) is 0.111. The first-order chi connectivity index (χ1) is 6.18. The fourth-order valence-electron chi connectivity index (χ4n) is 1.21. The van der Waals surface area contributed by atoms with E-state index in [1.807, 2.05) is 0 Å². The Kier molecular flexibility index (Phi) is 1.92. The average Bonchev–Trinajstić information content (AvgIpc) is 2.49. The minimum Gasteiger partial charge on any atom is -0.398 e. The van der Waals surface area contributed by atoms with Crippen LogP contribution >= 0.6 is 11.3 Å². The molecule has 2 rings (SSSR count). The number of rotatable bonds is 1. The minimum absolute atomic E-state index is 0.0768. The molecule has 0 radical (unpaired) electrons. The largest absolute Gasteiger partial charge is 0.398 e. The van der Waals surface area contributed by atoms with Crippen LogP contribution < -0.4 is 5.73 Å². The quantitative estimate of drug-likeness (QED) is 0.699. The van der Waals surface area contributed by atoms with E-state index in [4.69, 9.17) is 5.73 Å². The van der Waals surface area contributed by atoms with E-state index in [0.717, 1.165) is 21.4 Å². The molecule has 0 aliphatic carbocycles. The third kappa shape index (κ3) is 1.37. The van der Waals surface area contributed by atoms with Crippen LogP contribution in [0.5, 0.6) is 0 Å². The predicted octanol–water partition coefficient (Wildman–Crippen LogP) is 3.42. The SMILES string of the molecule is Nc1cccc2sc(C(F)F)cc12. The van der Waals surface area contributed by atoms with Gasteiger partial charge in [-0.2, -0.15) is 0 Å². The molecule has 1 heterocycles. The molecule has 0 amide bonds. The number of halogens is 2. The van der Waals surface area contributed by atoms with Crippen molar-refractivity contribution in [2.75, 3.05) is 5.73 Å². The Morgan fingerprint density at radius 2 is 2.08 bits per heavy atom. The van der Waals surface area contributed by atoms with Gasteiger partial charge in [0.25, 0.3) is 6.43 Å². The molecule has 0 bridgehead atoms. The van der Waals surface area contributed by atoms with Gasteiger partial charge in [-0.3, -0.25) is 0 Å². The summed E-state index contributed by atoms with van der Waals surface area (Å²) in [6.07, 6.45) is -2.41. The highest BCUT2D eigenvalue weighted by atomic mass is 32.1. The summed E-state index contributed by atoms with van der Waals surface area (Å²) in [4.78, 5) is 0.0768. The molecule has 4 heteroatoms. The van der Waals surface area contributed by atoms with Crippen molar-refractivity contribution < 1.29 is 8.78 Å². The van der Waals surface area contributed by atoms with Gasteiger partial charge in [0.2, 0.25) is 0 Å². The van der Waals surface area contributed by atoms with Crippen LogP contribution in [-0.2, 0) is 0 Å². The summed E-state index contributed by atoms with van der Waals surface area (Å²) in [5, 5.41) is 0.725. The third-order valence-corrected chi connectivity index (χ3v) is 2.94. The highest BCUT2D eigenvalue weighted by molar-refractivity contribution is 7.19. The number of thiophene rings is 1. The number of fused-ring (bicyclic) bond motifs is 1. The number of hydrogen-bond donors (Lipinski definition) is 1. The van der Waals surface area contributed by atoms with Crippen molar-refractivity contribution >= 4 is 27.1 Å². The van der Waals surface area contributed by atoms with E-state index >= 15 is 0 Å². The van der Waals surface area contributed by atoms with E-state index in [0.29, 0.717) is 5.69 Å². The Morgan fingerprint density at radius 1 is 1.31 bits per heavy atom. The maximum Gasteiger partial charge on any atom is 0.272 e. The Hall–Kier alpha value is -1.16. The molecule has 0 saturated carbocycles. The molecule has 2 N–H and O–H groups in total. The van der Waals surface area contributed by atoms with E-state index in [1.165, 1.54) is 6.07 Å². The zero-order valence-corrected chi connectivity index (χ0v) is 7.44. The molecule has 13 heavy (non-hydrogen) atoms. The second kappa shape index (κ2) is 2.96. The van der Waals surface area contributed by atoms with Crippen LogP contribution in [0, 0.1) is 0 Å². The summed E-state index contributed by atoms with van der Waals surface area (Å²) in [6, 6.07) is 6.73. The topological polar surface area (TPSA) is 26.0 Å². The molecular weight excluding hydrogens is 192 g/mol. The number of alkyl halides is 2. The third-order valence-electron chi connectivity index (χ3n) is 1.83. The first-order valence-electron chi connectivity index (χ1n) is 3.74. The van der Waals surface area contributed by atoms with E-state index in [-0.39, 0.29) is 4.88 Å². The van der Waals surface area contributed by atoms with Crippen molar-refractivity contribution in [1.29, 1.82) is 0 Å². The van der Waals surface area contributed by atoms with E-state index < -0.39 is 6.43 Å². The van der Waals surface area contributed by atoms with Crippen LogP contribution in [0.1, 0.15) is 11.3 Å². The molecule has 0 unspecified atom stereocenters. The van der Waals surface area contributed by atoms with Gasteiger partial charge in [-0.1, -0.05) is 6.07 Å². The smallest absolute Gasteiger partial charge is 0.272 e. The molecule has 0 spiro atoms. The van der Waals surface area contributed by atoms with Gasteiger partial charge in [0.05, 0.1) is 4.88 Å². The number of nitrogens with two attached hydrogens (primary N) is 1. The molecule has 2 aromatic rings. The number of benzene rings is 1. The number of nitrogen functional groups attached to an aromatic ring is 1. The van der Waals surface area contributed by atoms with Crippen molar-refractivity contribution in [3.05, 3.63) is 29.1 Å². The molecule has 0 atom stereocenters. The summed E-state index contributed by atoms with van der Waals surface area (Å²) in [6.45, 7) is 0. The summed E-state index contributed by atoms with van der Waals surface area (Å²) in [5.74, 6) is 0. The minimum atomic E-state index is -2.41. The molecular formula is C9H7F2NS. The van der Waals surface area contributed by atoms with Gasteiger partial charge in [0.15, 0.2) is 0 Å². The van der Waals surface area contributed by atoms with Gasteiger partial charge < -0.3 is 5.73 Å². The summed E-state index contributed by atoms with van der Waals surface area (Å²) in [7, 11) is 0. The lowest BCUT2D eigenvalue weighted by Crippen LogP contribution is -1.82. The lowest BCUT2D eigenvalue weighted by molar-refractivity contribution is 0.156. The van der Waals surface area contributed by atoms with Crippen LogP contribution in [0.25, 0.3) is 10.1 Å². The van der Waals surface area contributed by atoms with Crippen molar-refractivity contribution in [2.45, 2.75) is 6.43 Å². The number of hydrogen-bond acceptors (Lipinski definition) is 2. The number of anilines is 1. The normalized spacial score (nSPS) is 11.3. The van der Waals surface area contributed by atoms with Crippen LogP contribution in [0.3, 0.4) is 0 Å². The van der Waals surface area contributed by atoms with Gasteiger partial charge in [-0.05, 0) is 18.2 Å². The van der Waals surface area contributed by atoms with E-state index in [9.17, 15) is 8.78 Å². The van der Waals surface area contributed by atoms with Gasteiger partial charge in [0.1, 0.15) is 0 Å². The highest BCUT2D eigenvalue weighted by Crippen LogP contribution is 2.34. The van der Waals surface area contributed by atoms with Crippen molar-refractivity contribution in [3.8, 4) is 0 Å². The van der Waals surface area contributed by atoms with E-state index in [2.05, 4.69) is 0 Å². The summed E-state index contributed by atoms with van der Waals surface area (Å²) < 4.78 is 25.4. The summed E-state index contributed by atoms with van der Waals surface area (Å²) >= 11 is 1.09. The standard InChI is InChI=1S/C9H7F2NS/c10-9(11)8-4-5-6(12)2-1-3-7(5)13-8/h1-4,9H,12H2. The molecule has 0 fully saturated rings. The second-order valence-corrected chi connectivity index (χ2v) is 3.82. The Morgan fingerprint density at radius 3 is 2.69 bits per heavy atom. The first kappa shape index (κ1) is 8.44. The molecule has 0 saturated heterocycles. The highest BCUT2D eigenvalue weighted by Gasteiger charge is 2.11. The van der Waals surface area contributed by atoms with Crippen LogP contribution in [0.4, 0.5) is 14.5 Å². The van der Waals surface area contributed by atoms with Crippen molar-refractivity contribution in [3.63, 3.8) is 0 Å². The van der Waals surface area contributed by atoms with Gasteiger partial charge >= 0.3 is 0 Å². The van der Waals surface area contributed by atoms with Crippen LogP contribution in [0.15, 0.2) is 24.3 Å². The molecule has 1 aromatic carbocycles. The molecule has 1 aromatic heterocycles. The van der Waals surface area contributed by atoms with Crippen molar-refractivity contribution in [2.24, 2.45) is 0 Å². The lowest BCUT2D eigenvalue weighted by atomic mass is 10.2. The van der Waals surface area contributed by atoms with E-state index in [1.54, 1.807) is 18.2 Å². The second-order valence-electron chi connectivity index (χ2n) is 2.71. The molecule has 1 nitrogen and oxygen atoms in total. The molecule has 0 aliphatic heterocycles. The van der Waals surface area contributed by atoms with Crippen LogP contribution in [0.2, 0.25) is 0 Å². The Bertz CT molecular complexity index is 436. The zero-order valence-electron chi connectivity index (χ0n) is 6.63. The van der Waals surface area contributed by atoms with Gasteiger partial charge in [-0.25, -0.2) is 8.78 Å². The lowest BCUT2D eigenvalue weighted by Gasteiger charge is -1.92. The molecule has 68 valence electrons. The monoisotopic (exact) mass is 199 g/mol. The maximum atomic E-state index is 12.3. The summed E-state index contributed by atoms with van der Waals surface area (Å²) in [5.41, 5.74) is 6.19. The van der Waals surface area contributed by atoms with Gasteiger partial charge in [0, 0.05) is 15.8 Å². The van der Waals surface area contributed by atoms with Crippen molar-refractivity contribution in [1.82, 2.24) is 0 Å². The average molecular weight is 199 g/mol. The molecule has 0 aliphatic rings. The Labute approximate surface area is 77.8 Å². The Balaban J connectivity index is 2.68. The van der Waals surface area contributed by atoms with Gasteiger partial charge in [-0.15, -0.1) is 11.3 Å². The first-order valence-corrected chi connectivity index (χ1v) is 4.56. The predicted molar refractivity (Wildman–Crippen MR) is 51.2 cm³/mol. The van der Waals surface area contributed by atoms with Crippen LogP contribution in [-0.4, -0.2) is 0 Å². The zero-order chi connectivity index (χ0) is 9.42. The maximum absolute atomic E-state index is 12.3. The fourth-order valence-corrected chi connectivity index (χ4v) is 2.16.